The van der Waals surface area contributed by atoms with Crippen molar-refractivity contribution in [2.24, 2.45) is 0 Å². The molecule has 1 aliphatic heterocycles. The van der Waals surface area contributed by atoms with E-state index in [9.17, 15) is 16.8 Å². The Kier molecular flexibility index (Phi) is 5.10. The molecule has 0 saturated carbocycles. The highest BCUT2D eigenvalue weighted by Crippen LogP contribution is 2.27. The van der Waals surface area contributed by atoms with E-state index in [2.05, 4.69) is 10.0 Å². The second-order valence-electron chi connectivity index (χ2n) is 5.25. The van der Waals surface area contributed by atoms with Gasteiger partial charge in [0.2, 0.25) is 10.0 Å². The molecule has 0 spiro atoms. The van der Waals surface area contributed by atoms with E-state index in [0.29, 0.717) is 6.54 Å². The van der Waals surface area contributed by atoms with Crippen molar-refractivity contribution in [1.82, 2.24) is 10.0 Å². The van der Waals surface area contributed by atoms with Crippen LogP contribution in [-0.4, -0.2) is 49.3 Å². The zero-order valence-corrected chi connectivity index (χ0v) is 14.1. The number of sulfonamides is 1. The van der Waals surface area contributed by atoms with Gasteiger partial charge in [-0.2, -0.15) is 0 Å². The lowest BCUT2D eigenvalue weighted by Gasteiger charge is -2.24. The van der Waals surface area contributed by atoms with Crippen LogP contribution in [0.1, 0.15) is 12.8 Å². The first-order valence-electron chi connectivity index (χ1n) is 6.85. The van der Waals surface area contributed by atoms with Crippen LogP contribution < -0.4 is 14.8 Å². The number of methoxy groups -OCH3 is 1. The van der Waals surface area contributed by atoms with Gasteiger partial charge in [-0.25, -0.2) is 21.6 Å². The average molecular weight is 348 g/mol. The molecule has 1 unspecified atom stereocenters. The van der Waals surface area contributed by atoms with Gasteiger partial charge < -0.3 is 10.1 Å². The van der Waals surface area contributed by atoms with Crippen molar-refractivity contribution in [2.45, 2.75) is 28.7 Å². The number of benzene rings is 1. The first-order chi connectivity index (χ1) is 10.2. The Balaban J connectivity index is 2.39. The van der Waals surface area contributed by atoms with Crippen molar-refractivity contribution in [3.63, 3.8) is 0 Å². The summed E-state index contributed by atoms with van der Waals surface area (Å²) in [7, 11) is -6.02. The van der Waals surface area contributed by atoms with Crippen LogP contribution in [0.2, 0.25) is 0 Å². The Labute approximate surface area is 131 Å². The van der Waals surface area contributed by atoms with Gasteiger partial charge in [0.1, 0.15) is 10.6 Å². The van der Waals surface area contributed by atoms with Crippen molar-refractivity contribution in [3.05, 3.63) is 18.2 Å². The number of hydrogen-bond donors (Lipinski definition) is 2. The molecular formula is C13H20N2O5S2. The molecule has 2 N–H and O–H groups in total. The van der Waals surface area contributed by atoms with Gasteiger partial charge in [-0.1, -0.05) is 0 Å². The third-order valence-corrected chi connectivity index (χ3v) is 6.12. The summed E-state index contributed by atoms with van der Waals surface area (Å²) in [5.41, 5.74) is 0. The lowest BCUT2D eigenvalue weighted by Crippen LogP contribution is -2.45. The maximum absolute atomic E-state index is 12.5. The largest absolute Gasteiger partial charge is 0.495 e. The van der Waals surface area contributed by atoms with Crippen molar-refractivity contribution >= 4 is 19.9 Å². The number of hydrogen-bond acceptors (Lipinski definition) is 6. The number of sulfone groups is 1. The minimum Gasteiger partial charge on any atom is -0.495 e. The van der Waals surface area contributed by atoms with E-state index in [-0.39, 0.29) is 21.6 Å². The van der Waals surface area contributed by atoms with Crippen LogP contribution >= 0.6 is 0 Å². The highest BCUT2D eigenvalue weighted by atomic mass is 32.2. The fourth-order valence-electron chi connectivity index (χ4n) is 2.33. The predicted molar refractivity (Wildman–Crippen MR) is 82.3 cm³/mol. The van der Waals surface area contributed by atoms with Crippen molar-refractivity contribution in [3.8, 4) is 5.75 Å². The predicted octanol–water partition coefficient (Wildman–Crippen LogP) is 0.129. The zero-order chi connectivity index (χ0) is 16.4. The van der Waals surface area contributed by atoms with Crippen LogP contribution in [0.15, 0.2) is 28.0 Å². The van der Waals surface area contributed by atoms with Gasteiger partial charge in [0.15, 0.2) is 9.84 Å². The maximum atomic E-state index is 12.5. The summed E-state index contributed by atoms with van der Waals surface area (Å²) in [4.78, 5) is -0.223. The molecule has 1 saturated heterocycles. The lowest BCUT2D eigenvalue weighted by atomic mass is 10.1. The SMILES string of the molecule is COc1ccc(S(C)(=O)=O)cc1S(=O)(=O)NC1CCCNC1. The smallest absolute Gasteiger partial charge is 0.244 e. The van der Waals surface area contributed by atoms with Crippen LogP contribution in [0.5, 0.6) is 5.75 Å². The molecule has 0 aromatic heterocycles. The molecular weight excluding hydrogens is 328 g/mol. The van der Waals surface area contributed by atoms with Crippen LogP contribution in [0.3, 0.4) is 0 Å². The summed E-state index contributed by atoms with van der Waals surface area (Å²) in [5, 5.41) is 3.12. The molecule has 0 aliphatic carbocycles. The van der Waals surface area contributed by atoms with Gasteiger partial charge >= 0.3 is 0 Å². The summed E-state index contributed by atoms with van der Waals surface area (Å²) in [6.45, 7) is 1.42. The molecule has 7 nitrogen and oxygen atoms in total. The van der Waals surface area contributed by atoms with Gasteiger partial charge in [-0.15, -0.1) is 0 Å². The molecule has 2 rings (SSSR count). The minimum absolute atomic E-state index is 0.0598. The maximum Gasteiger partial charge on any atom is 0.244 e. The highest BCUT2D eigenvalue weighted by molar-refractivity contribution is 7.91. The van der Waals surface area contributed by atoms with E-state index in [1.54, 1.807) is 0 Å². The van der Waals surface area contributed by atoms with Crippen molar-refractivity contribution < 1.29 is 21.6 Å². The Morgan fingerprint density at radius 1 is 1.27 bits per heavy atom. The second kappa shape index (κ2) is 6.53. The summed E-state index contributed by atoms with van der Waals surface area (Å²) >= 11 is 0. The topological polar surface area (TPSA) is 102 Å². The van der Waals surface area contributed by atoms with Crippen LogP contribution in [0, 0.1) is 0 Å². The van der Waals surface area contributed by atoms with Gasteiger partial charge in [-0.3, -0.25) is 0 Å². The zero-order valence-electron chi connectivity index (χ0n) is 12.5. The van der Waals surface area contributed by atoms with Gasteiger partial charge in [0, 0.05) is 18.8 Å². The molecule has 1 aromatic carbocycles. The molecule has 1 atom stereocenters. The molecule has 9 heteroatoms. The lowest BCUT2D eigenvalue weighted by molar-refractivity contribution is 0.399. The summed E-state index contributed by atoms with van der Waals surface area (Å²) in [6.07, 6.45) is 2.65. The molecule has 1 aliphatic rings. The Bertz CT molecular complexity index is 738. The molecule has 0 radical (unpaired) electrons. The quantitative estimate of drug-likeness (QED) is 0.784. The summed E-state index contributed by atoms with van der Waals surface area (Å²) < 4.78 is 56.0. The molecule has 1 aromatic rings. The third kappa shape index (κ3) is 3.97. The first kappa shape index (κ1) is 17.2. The van der Waals surface area contributed by atoms with E-state index < -0.39 is 19.9 Å². The molecule has 1 fully saturated rings. The van der Waals surface area contributed by atoms with Crippen molar-refractivity contribution in [2.75, 3.05) is 26.5 Å². The average Bonchev–Trinajstić information content (AvgIpc) is 2.46. The molecule has 0 amide bonds. The van der Waals surface area contributed by atoms with Crippen LogP contribution in [0.4, 0.5) is 0 Å². The van der Waals surface area contributed by atoms with E-state index in [0.717, 1.165) is 31.7 Å². The van der Waals surface area contributed by atoms with Gasteiger partial charge in [-0.05, 0) is 37.6 Å². The second-order valence-corrected chi connectivity index (χ2v) is 8.95. The Hall–Kier alpha value is -1.16. The number of rotatable bonds is 5. The third-order valence-electron chi connectivity index (χ3n) is 3.47. The molecule has 1 heterocycles. The summed E-state index contributed by atoms with van der Waals surface area (Å²) in [5.74, 6) is 0.115. The Morgan fingerprint density at radius 2 is 2.00 bits per heavy atom. The Morgan fingerprint density at radius 3 is 2.55 bits per heavy atom. The number of piperidine rings is 1. The molecule has 124 valence electrons. The van der Waals surface area contributed by atoms with E-state index in [1.165, 1.54) is 19.2 Å². The van der Waals surface area contributed by atoms with E-state index in [4.69, 9.17) is 4.74 Å². The summed E-state index contributed by atoms with van der Waals surface area (Å²) in [6, 6.07) is 3.59. The standard InChI is InChI=1S/C13H20N2O5S2/c1-20-12-6-5-11(21(2,16)17)8-13(12)22(18,19)15-10-4-3-7-14-9-10/h5-6,8,10,14-15H,3-4,7,9H2,1-2H3. The number of nitrogens with one attached hydrogen (secondary N) is 2. The van der Waals surface area contributed by atoms with Crippen LogP contribution in [-0.2, 0) is 19.9 Å². The normalized spacial score (nSPS) is 19.8. The molecule has 22 heavy (non-hydrogen) atoms. The van der Waals surface area contributed by atoms with Crippen LogP contribution in [0.25, 0.3) is 0 Å². The van der Waals surface area contributed by atoms with E-state index in [1.807, 2.05) is 0 Å². The fourth-order valence-corrected chi connectivity index (χ4v) is 4.52. The number of ether oxygens (including phenoxy) is 1. The van der Waals surface area contributed by atoms with Gasteiger partial charge in [0.25, 0.3) is 0 Å². The van der Waals surface area contributed by atoms with Gasteiger partial charge in [0.05, 0.1) is 12.0 Å². The monoisotopic (exact) mass is 348 g/mol. The van der Waals surface area contributed by atoms with E-state index >= 15 is 0 Å². The minimum atomic E-state index is -3.86. The first-order valence-corrected chi connectivity index (χ1v) is 10.2. The fraction of sp³-hybridized carbons (Fsp3) is 0.538. The van der Waals surface area contributed by atoms with Crippen molar-refractivity contribution in [1.29, 1.82) is 0 Å². The molecule has 0 bridgehead atoms. The highest BCUT2D eigenvalue weighted by Gasteiger charge is 2.26.